The number of carbonyl (C=O) groups excluding carboxylic acids is 1. The summed E-state index contributed by atoms with van der Waals surface area (Å²) in [6.07, 6.45) is 0. The Morgan fingerprint density at radius 1 is 1.00 bits per heavy atom. The van der Waals surface area contributed by atoms with Gasteiger partial charge in [0.15, 0.2) is 11.0 Å². The van der Waals surface area contributed by atoms with Crippen molar-refractivity contribution in [1.82, 2.24) is 14.8 Å². The highest BCUT2D eigenvalue weighted by Gasteiger charge is 2.17. The molecule has 0 atom stereocenters. The van der Waals surface area contributed by atoms with Crippen LogP contribution >= 0.6 is 23.4 Å². The van der Waals surface area contributed by atoms with E-state index in [0.717, 1.165) is 11.3 Å². The van der Waals surface area contributed by atoms with Crippen LogP contribution < -0.4 is 5.32 Å². The Morgan fingerprint density at radius 3 is 2.50 bits per heavy atom. The van der Waals surface area contributed by atoms with Crippen LogP contribution in [0.15, 0.2) is 84.0 Å². The van der Waals surface area contributed by atoms with Gasteiger partial charge in [0.05, 0.1) is 5.75 Å². The quantitative estimate of drug-likeness (QED) is 0.406. The van der Waals surface area contributed by atoms with Gasteiger partial charge in [0.25, 0.3) is 0 Å². The highest BCUT2D eigenvalue weighted by atomic mass is 35.5. The van der Waals surface area contributed by atoms with Crippen molar-refractivity contribution in [3.05, 3.63) is 89.7 Å². The lowest BCUT2D eigenvalue weighted by Crippen LogP contribution is -2.14. The first-order valence-electron chi connectivity index (χ1n) is 9.05. The molecule has 1 heterocycles. The van der Waals surface area contributed by atoms with Crippen LogP contribution in [-0.4, -0.2) is 26.4 Å². The van der Waals surface area contributed by atoms with Gasteiger partial charge in [-0.1, -0.05) is 59.8 Å². The topological polar surface area (TPSA) is 59.8 Å². The van der Waals surface area contributed by atoms with Crippen molar-refractivity contribution in [2.75, 3.05) is 11.1 Å². The van der Waals surface area contributed by atoms with Gasteiger partial charge in [-0.25, -0.2) is 4.39 Å². The summed E-state index contributed by atoms with van der Waals surface area (Å²) in [6, 6.07) is 22.8. The zero-order chi connectivity index (χ0) is 20.9. The molecule has 0 saturated carbocycles. The molecular weight excluding hydrogens is 423 g/mol. The third kappa shape index (κ3) is 4.69. The monoisotopic (exact) mass is 438 g/mol. The van der Waals surface area contributed by atoms with Gasteiger partial charge >= 0.3 is 0 Å². The van der Waals surface area contributed by atoms with Crippen LogP contribution in [0.1, 0.15) is 0 Å². The van der Waals surface area contributed by atoms with Crippen LogP contribution in [0.4, 0.5) is 10.1 Å². The number of amides is 1. The molecule has 0 aliphatic carbocycles. The van der Waals surface area contributed by atoms with Gasteiger partial charge in [-0.15, -0.1) is 10.2 Å². The number of hydrogen-bond acceptors (Lipinski definition) is 4. The van der Waals surface area contributed by atoms with E-state index in [0.29, 0.717) is 21.7 Å². The molecule has 0 bridgehead atoms. The Kier molecular flexibility index (Phi) is 6.11. The molecule has 1 amide bonds. The minimum atomic E-state index is -0.407. The van der Waals surface area contributed by atoms with Crippen LogP contribution in [-0.2, 0) is 4.79 Å². The molecule has 0 saturated heterocycles. The first kappa shape index (κ1) is 20.1. The van der Waals surface area contributed by atoms with E-state index in [1.807, 2.05) is 47.0 Å². The van der Waals surface area contributed by atoms with Crippen molar-refractivity contribution in [3.8, 4) is 17.1 Å². The number of nitrogens with zero attached hydrogens (tertiary/aromatic N) is 3. The number of hydrogen-bond donors (Lipinski definition) is 1. The van der Waals surface area contributed by atoms with Gasteiger partial charge in [0.1, 0.15) is 5.82 Å². The number of rotatable bonds is 6. The maximum absolute atomic E-state index is 13.3. The Morgan fingerprint density at radius 2 is 1.77 bits per heavy atom. The van der Waals surface area contributed by atoms with Crippen molar-refractivity contribution in [2.45, 2.75) is 5.16 Å². The second kappa shape index (κ2) is 9.11. The minimum Gasteiger partial charge on any atom is -0.325 e. The van der Waals surface area contributed by atoms with E-state index in [4.69, 9.17) is 11.6 Å². The lowest BCUT2D eigenvalue weighted by molar-refractivity contribution is -0.113. The fourth-order valence-electron chi connectivity index (χ4n) is 2.85. The summed E-state index contributed by atoms with van der Waals surface area (Å²) in [6.45, 7) is 0. The molecule has 8 heteroatoms. The van der Waals surface area contributed by atoms with E-state index >= 15 is 0 Å². The minimum absolute atomic E-state index is 0.0943. The molecule has 4 aromatic rings. The maximum Gasteiger partial charge on any atom is 0.234 e. The molecule has 1 aromatic heterocycles. The van der Waals surface area contributed by atoms with E-state index in [9.17, 15) is 9.18 Å². The third-order valence-corrected chi connectivity index (χ3v) is 5.37. The van der Waals surface area contributed by atoms with E-state index in [1.165, 1.54) is 23.9 Å². The molecule has 3 aromatic carbocycles. The second-order valence-corrected chi connectivity index (χ2v) is 7.71. The number of anilines is 1. The molecule has 0 aliphatic heterocycles. The SMILES string of the molecule is O=C(CSc1nnc(-c2ccccc2)n1-c1ccc(Cl)cc1)Nc1cccc(F)c1. The summed E-state index contributed by atoms with van der Waals surface area (Å²) in [5.41, 5.74) is 2.14. The summed E-state index contributed by atoms with van der Waals surface area (Å²) in [5, 5.41) is 12.5. The molecule has 5 nitrogen and oxygen atoms in total. The molecule has 0 fully saturated rings. The highest BCUT2D eigenvalue weighted by molar-refractivity contribution is 7.99. The van der Waals surface area contributed by atoms with E-state index < -0.39 is 5.82 Å². The molecular formula is C22H16ClFN4OS. The predicted molar refractivity (Wildman–Crippen MR) is 118 cm³/mol. The molecule has 1 N–H and O–H groups in total. The van der Waals surface area contributed by atoms with Gasteiger partial charge in [0.2, 0.25) is 5.91 Å². The average Bonchev–Trinajstić information content (AvgIpc) is 3.17. The summed E-state index contributed by atoms with van der Waals surface area (Å²) in [7, 11) is 0. The van der Waals surface area contributed by atoms with Crippen LogP contribution in [0.3, 0.4) is 0 Å². The molecule has 0 spiro atoms. The number of halogens is 2. The molecule has 0 aliphatic rings. The van der Waals surface area contributed by atoms with Crippen molar-refractivity contribution in [2.24, 2.45) is 0 Å². The Balaban J connectivity index is 1.59. The van der Waals surface area contributed by atoms with Gasteiger partial charge < -0.3 is 5.32 Å². The largest absolute Gasteiger partial charge is 0.325 e. The third-order valence-electron chi connectivity index (χ3n) is 4.19. The number of aromatic nitrogens is 3. The average molecular weight is 439 g/mol. The molecule has 4 rings (SSSR count). The molecule has 150 valence electrons. The summed E-state index contributed by atoms with van der Waals surface area (Å²) in [5.74, 6) is 0.0794. The van der Waals surface area contributed by atoms with Crippen LogP contribution in [0.25, 0.3) is 17.1 Å². The standard InChI is InChI=1S/C22H16ClFN4OS/c23-16-9-11-19(12-10-16)28-21(15-5-2-1-3-6-15)26-27-22(28)30-14-20(29)25-18-8-4-7-17(24)13-18/h1-13H,14H2,(H,25,29). The van der Waals surface area contributed by atoms with Crippen molar-refractivity contribution < 1.29 is 9.18 Å². The second-order valence-electron chi connectivity index (χ2n) is 6.33. The number of nitrogens with one attached hydrogen (secondary N) is 1. The van der Waals surface area contributed by atoms with Crippen LogP contribution in [0.2, 0.25) is 5.02 Å². The number of thioether (sulfide) groups is 1. The van der Waals surface area contributed by atoms with E-state index in [1.54, 1.807) is 24.3 Å². The number of benzene rings is 3. The predicted octanol–water partition coefficient (Wildman–Crippen LogP) is 5.46. The summed E-state index contributed by atoms with van der Waals surface area (Å²) < 4.78 is 15.2. The van der Waals surface area contributed by atoms with Crippen molar-refractivity contribution >= 4 is 35.0 Å². The van der Waals surface area contributed by atoms with Gasteiger partial charge in [-0.2, -0.15) is 0 Å². The normalized spacial score (nSPS) is 10.7. The van der Waals surface area contributed by atoms with Gasteiger partial charge in [-0.3, -0.25) is 9.36 Å². The van der Waals surface area contributed by atoms with Crippen LogP contribution in [0.5, 0.6) is 0 Å². The first-order chi connectivity index (χ1) is 14.6. The lowest BCUT2D eigenvalue weighted by Gasteiger charge is -2.11. The number of carbonyl (C=O) groups is 1. The zero-order valence-corrected chi connectivity index (χ0v) is 17.2. The summed E-state index contributed by atoms with van der Waals surface area (Å²) in [4.78, 5) is 12.3. The Bertz CT molecular complexity index is 1170. The molecule has 30 heavy (non-hydrogen) atoms. The van der Waals surface area contributed by atoms with Crippen molar-refractivity contribution in [1.29, 1.82) is 0 Å². The lowest BCUT2D eigenvalue weighted by atomic mass is 10.2. The van der Waals surface area contributed by atoms with Crippen LogP contribution in [0, 0.1) is 5.82 Å². The van der Waals surface area contributed by atoms with E-state index in [-0.39, 0.29) is 11.7 Å². The first-order valence-corrected chi connectivity index (χ1v) is 10.4. The fourth-order valence-corrected chi connectivity index (χ4v) is 3.73. The maximum atomic E-state index is 13.3. The summed E-state index contributed by atoms with van der Waals surface area (Å²) >= 11 is 7.28. The van der Waals surface area contributed by atoms with Crippen molar-refractivity contribution in [3.63, 3.8) is 0 Å². The Labute approximate surface area is 181 Å². The van der Waals surface area contributed by atoms with E-state index in [2.05, 4.69) is 15.5 Å². The van der Waals surface area contributed by atoms with Gasteiger partial charge in [0, 0.05) is 22.0 Å². The zero-order valence-electron chi connectivity index (χ0n) is 15.6. The molecule has 0 radical (unpaired) electrons. The highest BCUT2D eigenvalue weighted by Crippen LogP contribution is 2.28. The Hall–Kier alpha value is -3.16. The fraction of sp³-hybridized carbons (Fsp3) is 0.0455. The molecule has 0 unspecified atom stereocenters. The van der Waals surface area contributed by atoms with Gasteiger partial charge in [-0.05, 0) is 42.5 Å². The smallest absolute Gasteiger partial charge is 0.234 e.